The van der Waals surface area contributed by atoms with Gasteiger partial charge in [-0.15, -0.1) is 0 Å². The molecule has 0 saturated heterocycles. The van der Waals surface area contributed by atoms with E-state index >= 15 is 0 Å². The molecule has 0 fully saturated rings. The predicted octanol–water partition coefficient (Wildman–Crippen LogP) is 3.52. The van der Waals surface area contributed by atoms with E-state index in [-0.39, 0.29) is 0 Å². The van der Waals surface area contributed by atoms with E-state index in [1.807, 2.05) is 26.0 Å². The van der Waals surface area contributed by atoms with Crippen LogP contribution >= 0.6 is 0 Å². The fourth-order valence-electron chi connectivity index (χ4n) is 2.81. The van der Waals surface area contributed by atoms with Crippen LogP contribution in [0, 0.1) is 0 Å². The second-order valence-corrected chi connectivity index (χ2v) is 6.05. The Morgan fingerprint density at radius 2 is 1.67 bits per heavy atom. The first-order valence-corrected chi connectivity index (χ1v) is 7.67. The van der Waals surface area contributed by atoms with Crippen molar-refractivity contribution < 1.29 is 28.5 Å². The van der Waals surface area contributed by atoms with Crippen molar-refractivity contribution in [3.05, 3.63) is 17.2 Å². The van der Waals surface area contributed by atoms with Crippen LogP contribution in [0.1, 0.15) is 44.9 Å². The molecule has 132 valence electrons. The van der Waals surface area contributed by atoms with Crippen LogP contribution in [0.3, 0.4) is 0 Å². The number of fused-ring (bicyclic) bond motifs is 1. The summed E-state index contributed by atoms with van der Waals surface area (Å²) in [6.07, 6.45) is 3.28. The molecule has 6 heteroatoms. The summed E-state index contributed by atoms with van der Waals surface area (Å²) in [6.45, 7) is 7.01. The number of rotatable bonds is 5. The molecular formula is C18H24O6. The SMILES string of the molecule is COc1c2c(c(C(C)OC(C)=O)c(OC)c1OC)OC(C)(C)C=C2. The number of methoxy groups -OCH3 is 3. The molecule has 0 aromatic heterocycles. The fraction of sp³-hybridized carbons (Fsp3) is 0.500. The lowest BCUT2D eigenvalue weighted by Crippen LogP contribution is -2.29. The lowest BCUT2D eigenvalue weighted by Gasteiger charge is -2.33. The predicted molar refractivity (Wildman–Crippen MR) is 90.0 cm³/mol. The summed E-state index contributed by atoms with van der Waals surface area (Å²) in [6, 6.07) is 0. The Kier molecular flexibility index (Phi) is 4.96. The number of hydrogen-bond donors (Lipinski definition) is 0. The molecule has 1 aromatic carbocycles. The molecule has 0 radical (unpaired) electrons. The molecule has 1 unspecified atom stereocenters. The van der Waals surface area contributed by atoms with Gasteiger partial charge in [-0.2, -0.15) is 0 Å². The molecule has 24 heavy (non-hydrogen) atoms. The number of hydrogen-bond acceptors (Lipinski definition) is 6. The highest BCUT2D eigenvalue weighted by Crippen LogP contribution is 2.54. The van der Waals surface area contributed by atoms with Gasteiger partial charge in [0.05, 0.1) is 32.5 Å². The Hall–Kier alpha value is -2.37. The van der Waals surface area contributed by atoms with Gasteiger partial charge >= 0.3 is 5.97 Å². The number of esters is 1. The van der Waals surface area contributed by atoms with E-state index in [1.54, 1.807) is 14.0 Å². The van der Waals surface area contributed by atoms with E-state index in [2.05, 4.69) is 0 Å². The molecule has 0 N–H and O–H groups in total. The molecule has 1 aromatic rings. The third-order valence-corrected chi connectivity index (χ3v) is 3.77. The summed E-state index contributed by atoms with van der Waals surface area (Å²) in [5, 5.41) is 0. The monoisotopic (exact) mass is 336 g/mol. The van der Waals surface area contributed by atoms with E-state index < -0.39 is 17.7 Å². The molecule has 0 bridgehead atoms. The molecule has 0 amide bonds. The molecular weight excluding hydrogens is 312 g/mol. The van der Waals surface area contributed by atoms with Gasteiger partial charge in [-0.1, -0.05) is 0 Å². The highest BCUT2D eigenvalue weighted by molar-refractivity contribution is 5.78. The largest absolute Gasteiger partial charge is 0.492 e. The molecule has 1 aliphatic rings. The van der Waals surface area contributed by atoms with E-state index in [4.69, 9.17) is 23.7 Å². The van der Waals surface area contributed by atoms with Gasteiger partial charge in [0, 0.05) is 6.92 Å². The Morgan fingerprint density at radius 3 is 2.17 bits per heavy atom. The first kappa shape index (κ1) is 18.0. The van der Waals surface area contributed by atoms with Gasteiger partial charge in [-0.05, 0) is 32.9 Å². The van der Waals surface area contributed by atoms with Gasteiger partial charge in [-0.25, -0.2) is 0 Å². The van der Waals surface area contributed by atoms with E-state index in [0.29, 0.717) is 28.6 Å². The molecule has 0 saturated carbocycles. The average Bonchev–Trinajstić information content (AvgIpc) is 2.50. The highest BCUT2D eigenvalue weighted by Gasteiger charge is 2.35. The molecule has 0 spiro atoms. The van der Waals surface area contributed by atoms with Crippen LogP contribution in [-0.4, -0.2) is 32.9 Å². The van der Waals surface area contributed by atoms with Crippen LogP contribution in [0.5, 0.6) is 23.0 Å². The average molecular weight is 336 g/mol. The number of carbonyl (C=O) groups excluding carboxylic acids is 1. The maximum atomic E-state index is 11.4. The van der Waals surface area contributed by atoms with Crippen LogP contribution in [0.2, 0.25) is 0 Å². The van der Waals surface area contributed by atoms with Crippen LogP contribution in [-0.2, 0) is 9.53 Å². The van der Waals surface area contributed by atoms with Crippen molar-refractivity contribution in [1.29, 1.82) is 0 Å². The van der Waals surface area contributed by atoms with E-state index in [0.717, 1.165) is 5.56 Å². The topological polar surface area (TPSA) is 63.2 Å². The van der Waals surface area contributed by atoms with E-state index in [1.165, 1.54) is 21.1 Å². The van der Waals surface area contributed by atoms with Crippen molar-refractivity contribution in [3.8, 4) is 23.0 Å². The van der Waals surface area contributed by atoms with Crippen LogP contribution in [0.4, 0.5) is 0 Å². The quantitative estimate of drug-likeness (QED) is 0.767. The van der Waals surface area contributed by atoms with Crippen molar-refractivity contribution >= 4 is 12.0 Å². The van der Waals surface area contributed by atoms with Crippen molar-refractivity contribution in [3.63, 3.8) is 0 Å². The zero-order valence-electron chi connectivity index (χ0n) is 15.2. The van der Waals surface area contributed by atoms with Gasteiger partial charge in [0.1, 0.15) is 17.5 Å². The van der Waals surface area contributed by atoms with Crippen LogP contribution in [0.15, 0.2) is 6.08 Å². The number of carbonyl (C=O) groups is 1. The van der Waals surface area contributed by atoms with Gasteiger partial charge in [0.2, 0.25) is 5.75 Å². The van der Waals surface area contributed by atoms with Gasteiger partial charge in [-0.3, -0.25) is 4.79 Å². The maximum Gasteiger partial charge on any atom is 0.303 e. The summed E-state index contributed by atoms with van der Waals surface area (Å²) in [5.74, 6) is 1.54. The number of ether oxygens (including phenoxy) is 5. The zero-order valence-corrected chi connectivity index (χ0v) is 15.2. The molecule has 6 nitrogen and oxygen atoms in total. The Bertz CT molecular complexity index is 675. The number of benzene rings is 1. The van der Waals surface area contributed by atoms with Crippen molar-refractivity contribution in [1.82, 2.24) is 0 Å². The fourth-order valence-corrected chi connectivity index (χ4v) is 2.81. The molecule has 1 atom stereocenters. The lowest BCUT2D eigenvalue weighted by atomic mass is 9.95. The third kappa shape index (κ3) is 3.13. The summed E-state index contributed by atoms with van der Waals surface area (Å²) in [7, 11) is 4.61. The zero-order chi connectivity index (χ0) is 18.1. The van der Waals surface area contributed by atoms with E-state index in [9.17, 15) is 4.79 Å². The minimum absolute atomic E-state index is 0.390. The molecule has 0 aliphatic carbocycles. The maximum absolute atomic E-state index is 11.4. The lowest BCUT2D eigenvalue weighted by molar-refractivity contribution is -0.145. The summed E-state index contributed by atoms with van der Waals surface area (Å²) in [4.78, 5) is 11.4. The summed E-state index contributed by atoms with van der Waals surface area (Å²) < 4.78 is 28.1. The standard InChI is InChI=1S/C18H24O6/c1-10(23-11(2)19)13-14-12(8-9-18(3,4)24-14)15(20-5)17(22-7)16(13)21-6/h8-10H,1-7H3. The van der Waals surface area contributed by atoms with Gasteiger partial charge < -0.3 is 23.7 Å². The Morgan fingerprint density at radius 1 is 1.08 bits per heavy atom. The minimum atomic E-state index is -0.576. The molecule has 1 heterocycles. The summed E-state index contributed by atoms with van der Waals surface area (Å²) in [5.41, 5.74) is 0.823. The van der Waals surface area contributed by atoms with Crippen molar-refractivity contribution in [2.24, 2.45) is 0 Å². The molecule has 2 rings (SSSR count). The second kappa shape index (κ2) is 6.63. The second-order valence-electron chi connectivity index (χ2n) is 6.05. The minimum Gasteiger partial charge on any atom is -0.492 e. The Balaban J connectivity index is 2.81. The summed E-state index contributed by atoms with van der Waals surface area (Å²) >= 11 is 0. The normalized spacial score (nSPS) is 15.8. The van der Waals surface area contributed by atoms with Crippen molar-refractivity contribution in [2.75, 3.05) is 21.3 Å². The highest BCUT2D eigenvalue weighted by atomic mass is 16.6. The first-order valence-electron chi connectivity index (χ1n) is 7.67. The smallest absolute Gasteiger partial charge is 0.303 e. The van der Waals surface area contributed by atoms with Gasteiger partial charge in [0.25, 0.3) is 0 Å². The van der Waals surface area contributed by atoms with Gasteiger partial charge in [0.15, 0.2) is 11.5 Å². The molecule has 1 aliphatic heterocycles. The van der Waals surface area contributed by atoms with Crippen LogP contribution in [0.25, 0.3) is 6.08 Å². The third-order valence-electron chi connectivity index (χ3n) is 3.77. The first-order chi connectivity index (χ1) is 11.3. The Labute approximate surface area is 142 Å². The van der Waals surface area contributed by atoms with Crippen LogP contribution < -0.4 is 18.9 Å². The van der Waals surface area contributed by atoms with Crippen molar-refractivity contribution in [2.45, 2.75) is 39.4 Å².